The molecule has 1 aliphatic rings. The second-order valence-corrected chi connectivity index (χ2v) is 6.00. The van der Waals surface area contributed by atoms with Gasteiger partial charge in [0.2, 0.25) is 5.91 Å². The van der Waals surface area contributed by atoms with Crippen molar-refractivity contribution in [2.75, 3.05) is 0 Å². The van der Waals surface area contributed by atoms with Crippen molar-refractivity contribution in [3.8, 4) is 0 Å². The van der Waals surface area contributed by atoms with E-state index in [1.165, 1.54) is 0 Å². The van der Waals surface area contributed by atoms with Crippen molar-refractivity contribution in [3.63, 3.8) is 0 Å². The summed E-state index contributed by atoms with van der Waals surface area (Å²) in [5, 5.41) is 3.12. The molecule has 94 valence electrons. The van der Waals surface area contributed by atoms with Gasteiger partial charge in [0.1, 0.15) is 0 Å². The molecule has 0 bridgehead atoms. The molecule has 3 N–H and O–H groups in total. The highest BCUT2D eigenvalue weighted by molar-refractivity contribution is 5.79. The lowest BCUT2D eigenvalue weighted by molar-refractivity contribution is -0.128. The Kier molecular flexibility index (Phi) is 4.36. The average Bonchev–Trinajstić information content (AvgIpc) is 2.15. The van der Waals surface area contributed by atoms with Crippen molar-refractivity contribution in [1.29, 1.82) is 0 Å². The summed E-state index contributed by atoms with van der Waals surface area (Å²) in [6.07, 6.45) is 3.84. The Labute approximate surface area is 99.2 Å². The lowest BCUT2D eigenvalue weighted by Gasteiger charge is -2.33. The molecule has 3 heteroatoms. The molecule has 0 aromatic carbocycles. The van der Waals surface area contributed by atoms with Gasteiger partial charge in [-0.3, -0.25) is 4.79 Å². The van der Waals surface area contributed by atoms with Gasteiger partial charge in [0, 0.05) is 17.5 Å². The molecule has 1 rings (SSSR count). The van der Waals surface area contributed by atoms with Crippen molar-refractivity contribution in [3.05, 3.63) is 0 Å². The van der Waals surface area contributed by atoms with Gasteiger partial charge in [-0.1, -0.05) is 13.8 Å². The minimum atomic E-state index is -0.0954. The van der Waals surface area contributed by atoms with Gasteiger partial charge in [-0.15, -0.1) is 0 Å². The van der Waals surface area contributed by atoms with Crippen LogP contribution in [-0.4, -0.2) is 17.5 Å². The highest BCUT2D eigenvalue weighted by atomic mass is 16.2. The molecule has 1 fully saturated rings. The van der Waals surface area contributed by atoms with E-state index in [9.17, 15) is 4.79 Å². The van der Waals surface area contributed by atoms with E-state index in [1.54, 1.807) is 0 Å². The van der Waals surface area contributed by atoms with Gasteiger partial charge in [-0.25, -0.2) is 0 Å². The predicted octanol–water partition coefficient (Wildman–Crippen LogP) is 2.05. The van der Waals surface area contributed by atoms with E-state index >= 15 is 0 Å². The quantitative estimate of drug-likeness (QED) is 0.774. The fourth-order valence-electron chi connectivity index (χ4n) is 2.39. The zero-order valence-corrected chi connectivity index (χ0v) is 11.0. The molecule has 3 unspecified atom stereocenters. The largest absolute Gasteiger partial charge is 0.351 e. The molecule has 0 radical (unpaired) electrons. The maximum absolute atomic E-state index is 12.1. The molecular weight excluding hydrogens is 200 g/mol. The van der Waals surface area contributed by atoms with Crippen LogP contribution in [-0.2, 0) is 4.79 Å². The standard InChI is InChI=1S/C13H26N2O/c1-5-13(3,4)15-12(16)10-6-9(2)7-11(14)8-10/h9-11H,5-8,14H2,1-4H3,(H,15,16). The van der Waals surface area contributed by atoms with Gasteiger partial charge >= 0.3 is 0 Å². The summed E-state index contributed by atoms with van der Waals surface area (Å²) in [6, 6.07) is 0.198. The number of carbonyl (C=O) groups excluding carboxylic acids is 1. The van der Waals surface area contributed by atoms with Crippen LogP contribution in [0.25, 0.3) is 0 Å². The van der Waals surface area contributed by atoms with Crippen LogP contribution in [0.4, 0.5) is 0 Å². The smallest absolute Gasteiger partial charge is 0.223 e. The highest BCUT2D eigenvalue weighted by Gasteiger charge is 2.31. The molecule has 1 saturated carbocycles. The van der Waals surface area contributed by atoms with Crippen molar-refractivity contribution in [2.45, 2.75) is 65.0 Å². The number of rotatable bonds is 3. The van der Waals surface area contributed by atoms with Crippen LogP contribution >= 0.6 is 0 Å². The van der Waals surface area contributed by atoms with E-state index in [1.807, 2.05) is 0 Å². The summed E-state index contributed by atoms with van der Waals surface area (Å²) in [6.45, 7) is 8.41. The van der Waals surface area contributed by atoms with Crippen LogP contribution < -0.4 is 11.1 Å². The fourth-order valence-corrected chi connectivity index (χ4v) is 2.39. The van der Waals surface area contributed by atoms with Gasteiger partial charge in [0.25, 0.3) is 0 Å². The Morgan fingerprint density at radius 3 is 2.50 bits per heavy atom. The van der Waals surface area contributed by atoms with Crippen LogP contribution in [0, 0.1) is 11.8 Å². The van der Waals surface area contributed by atoms with Gasteiger partial charge < -0.3 is 11.1 Å². The van der Waals surface area contributed by atoms with E-state index in [0.29, 0.717) is 5.92 Å². The third-order valence-electron chi connectivity index (χ3n) is 3.70. The molecule has 3 nitrogen and oxygen atoms in total. The van der Waals surface area contributed by atoms with Gasteiger partial charge in [-0.05, 0) is 45.4 Å². The summed E-state index contributed by atoms with van der Waals surface area (Å²) in [4.78, 5) is 12.1. The highest BCUT2D eigenvalue weighted by Crippen LogP contribution is 2.28. The summed E-state index contributed by atoms with van der Waals surface area (Å²) >= 11 is 0. The molecule has 16 heavy (non-hydrogen) atoms. The maximum atomic E-state index is 12.1. The normalized spacial score (nSPS) is 31.2. The minimum absolute atomic E-state index is 0.0954. The van der Waals surface area contributed by atoms with E-state index in [-0.39, 0.29) is 23.4 Å². The fraction of sp³-hybridized carbons (Fsp3) is 0.923. The Balaban J connectivity index is 2.53. The summed E-state index contributed by atoms with van der Waals surface area (Å²) in [5.41, 5.74) is 5.87. The third kappa shape index (κ3) is 3.78. The van der Waals surface area contributed by atoms with Gasteiger partial charge in [0.05, 0.1) is 0 Å². The van der Waals surface area contributed by atoms with E-state index in [0.717, 1.165) is 25.7 Å². The molecule has 1 aliphatic carbocycles. The molecule has 0 aromatic rings. The Hall–Kier alpha value is -0.570. The number of hydrogen-bond acceptors (Lipinski definition) is 2. The van der Waals surface area contributed by atoms with Crippen LogP contribution in [0.3, 0.4) is 0 Å². The van der Waals surface area contributed by atoms with Crippen LogP contribution in [0.2, 0.25) is 0 Å². The average molecular weight is 226 g/mol. The first-order valence-corrected chi connectivity index (χ1v) is 6.41. The van der Waals surface area contributed by atoms with Crippen molar-refractivity contribution in [1.82, 2.24) is 5.32 Å². The molecule has 3 atom stereocenters. The second kappa shape index (κ2) is 5.17. The second-order valence-electron chi connectivity index (χ2n) is 6.00. The molecular formula is C13H26N2O. The first-order valence-electron chi connectivity index (χ1n) is 6.41. The lowest BCUT2D eigenvalue weighted by Crippen LogP contribution is -2.48. The molecule has 0 aliphatic heterocycles. The SMILES string of the molecule is CCC(C)(C)NC(=O)C1CC(C)CC(N)C1. The summed E-state index contributed by atoms with van der Waals surface area (Å²) in [7, 11) is 0. The Morgan fingerprint density at radius 1 is 1.38 bits per heavy atom. The van der Waals surface area contributed by atoms with Crippen LogP contribution in [0.1, 0.15) is 53.4 Å². The number of amides is 1. The van der Waals surface area contributed by atoms with Gasteiger partial charge in [-0.2, -0.15) is 0 Å². The first-order chi connectivity index (χ1) is 7.34. The van der Waals surface area contributed by atoms with E-state index < -0.39 is 0 Å². The molecule has 0 aromatic heterocycles. The van der Waals surface area contributed by atoms with Crippen molar-refractivity contribution in [2.24, 2.45) is 17.6 Å². The molecule has 0 spiro atoms. The van der Waals surface area contributed by atoms with Crippen molar-refractivity contribution < 1.29 is 4.79 Å². The molecule has 0 saturated heterocycles. The maximum Gasteiger partial charge on any atom is 0.223 e. The summed E-state index contributed by atoms with van der Waals surface area (Å²) < 4.78 is 0. The Morgan fingerprint density at radius 2 is 2.00 bits per heavy atom. The first kappa shape index (κ1) is 13.5. The predicted molar refractivity (Wildman–Crippen MR) is 67.0 cm³/mol. The van der Waals surface area contributed by atoms with Crippen LogP contribution in [0.15, 0.2) is 0 Å². The molecule has 0 heterocycles. The zero-order chi connectivity index (χ0) is 12.3. The van der Waals surface area contributed by atoms with Crippen LogP contribution in [0.5, 0.6) is 0 Å². The Bertz CT molecular complexity index is 240. The topological polar surface area (TPSA) is 55.1 Å². The molecule has 1 amide bonds. The number of nitrogens with two attached hydrogens (primary N) is 1. The third-order valence-corrected chi connectivity index (χ3v) is 3.70. The monoisotopic (exact) mass is 226 g/mol. The number of carbonyl (C=O) groups is 1. The van der Waals surface area contributed by atoms with Crippen molar-refractivity contribution >= 4 is 5.91 Å². The van der Waals surface area contributed by atoms with E-state index in [2.05, 4.69) is 33.0 Å². The number of nitrogens with one attached hydrogen (secondary N) is 1. The zero-order valence-electron chi connectivity index (χ0n) is 11.0. The van der Waals surface area contributed by atoms with E-state index in [4.69, 9.17) is 5.73 Å². The number of hydrogen-bond donors (Lipinski definition) is 2. The minimum Gasteiger partial charge on any atom is -0.351 e. The van der Waals surface area contributed by atoms with Gasteiger partial charge in [0.15, 0.2) is 0 Å². The lowest BCUT2D eigenvalue weighted by atomic mass is 9.79. The summed E-state index contributed by atoms with van der Waals surface area (Å²) in [5.74, 6) is 0.877.